The summed E-state index contributed by atoms with van der Waals surface area (Å²) in [7, 11) is 1.67. The van der Waals surface area contributed by atoms with Crippen LogP contribution >= 0.6 is 0 Å². The standard InChI is InChI=1S/C21H23N5O3/c1-15(17-7-9-19(10-8-17)25-12-11-22-14-25)23-21(27)24(3)16(2)18-5-4-6-20(13-18)26(28)29/h4-16H,1-3H3,(H,23,27)/t15-,16+/m1/s1. The summed E-state index contributed by atoms with van der Waals surface area (Å²) in [5.74, 6) is 0. The predicted molar refractivity (Wildman–Crippen MR) is 110 cm³/mol. The molecule has 0 radical (unpaired) electrons. The van der Waals surface area contributed by atoms with E-state index in [9.17, 15) is 14.9 Å². The molecule has 3 aromatic rings. The fraction of sp³-hybridized carbons (Fsp3) is 0.238. The van der Waals surface area contributed by atoms with Crippen LogP contribution in [0.25, 0.3) is 5.69 Å². The molecule has 0 fully saturated rings. The number of nitrogens with one attached hydrogen (secondary N) is 1. The first kappa shape index (κ1) is 20.1. The number of imidazole rings is 1. The fourth-order valence-corrected chi connectivity index (χ4v) is 3.02. The summed E-state index contributed by atoms with van der Waals surface area (Å²) in [6, 6.07) is 13.4. The maximum Gasteiger partial charge on any atom is 0.318 e. The molecule has 0 saturated heterocycles. The van der Waals surface area contributed by atoms with Gasteiger partial charge in [0.1, 0.15) is 0 Å². The number of nitro groups is 1. The van der Waals surface area contributed by atoms with E-state index in [0.717, 1.165) is 11.3 Å². The van der Waals surface area contributed by atoms with Crippen molar-refractivity contribution in [3.8, 4) is 5.69 Å². The van der Waals surface area contributed by atoms with Crippen molar-refractivity contribution in [1.29, 1.82) is 0 Å². The SMILES string of the molecule is C[C@@H](NC(=O)N(C)[C@@H](C)c1cccc([N+](=O)[O-])c1)c1ccc(-n2ccnc2)cc1. The van der Waals surface area contributed by atoms with Gasteiger partial charge in [-0.1, -0.05) is 24.3 Å². The third-order valence-electron chi connectivity index (χ3n) is 5.00. The molecule has 1 heterocycles. The minimum Gasteiger partial charge on any atom is -0.331 e. The van der Waals surface area contributed by atoms with Crippen LogP contribution in [0.1, 0.15) is 37.1 Å². The Labute approximate surface area is 168 Å². The third-order valence-corrected chi connectivity index (χ3v) is 5.00. The van der Waals surface area contributed by atoms with Crippen LogP contribution in [0.3, 0.4) is 0 Å². The fourth-order valence-electron chi connectivity index (χ4n) is 3.02. The van der Waals surface area contributed by atoms with E-state index in [4.69, 9.17) is 0 Å². The minimum absolute atomic E-state index is 0.00880. The van der Waals surface area contributed by atoms with Crippen LogP contribution in [0, 0.1) is 10.1 Å². The Morgan fingerprint density at radius 1 is 1.17 bits per heavy atom. The molecule has 0 aliphatic carbocycles. The number of aromatic nitrogens is 2. The van der Waals surface area contributed by atoms with Crippen LogP contribution in [0.5, 0.6) is 0 Å². The summed E-state index contributed by atoms with van der Waals surface area (Å²) in [6.45, 7) is 3.75. The molecule has 2 aromatic carbocycles. The van der Waals surface area contributed by atoms with Crippen LogP contribution in [-0.4, -0.2) is 32.5 Å². The highest BCUT2D eigenvalue weighted by molar-refractivity contribution is 5.75. The molecule has 0 aliphatic rings. The normalized spacial score (nSPS) is 12.8. The number of amides is 2. The molecular weight excluding hydrogens is 370 g/mol. The number of non-ortho nitro benzene ring substituents is 1. The van der Waals surface area contributed by atoms with E-state index < -0.39 is 4.92 Å². The number of urea groups is 1. The lowest BCUT2D eigenvalue weighted by Gasteiger charge is -2.27. The molecule has 2 amide bonds. The van der Waals surface area contributed by atoms with Gasteiger partial charge in [0.25, 0.3) is 5.69 Å². The van der Waals surface area contributed by atoms with E-state index in [0.29, 0.717) is 5.56 Å². The molecule has 1 N–H and O–H groups in total. The van der Waals surface area contributed by atoms with E-state index >= 15 is 0 Å². The molecule has 150 valence electrons. The minimum atomic E-state index is -0.439. The van der Waals surface area contributed by atoms with Crippen molar-refractivity contribution < 1.29 is 9.72 Å². The number of rotatable bonds is 6. The zero-order chi connectivity index (χ0) is 21.0. The molecule has 0 spiro atoms. The van der Waals surface area contributed by atoms with Crippen molar-refractivity contribution in [2.24, 2.45) is 0 Å². The van der Waals surface area contributed by atoms with Crippen molar-refractivity contribution in [3.63, 3.8) is 0 Å². The molecule has 8 nitrogen and oxygen atoms in total. The zero-order valence-electron chi connectivity index (χ0n) is 16.5. The number of nitrogens with zero attached hydrogens (tertiary/aromatic N) is 4. The Morgan fingerprint density at radius 2 is 1.90 bits per heavy atom. The van der Waals surface area contributed by atoms with Gasteiger partial charge < -0.3 is 14.8 Å². The van der Waals surface area contributed by atoms with Gasteiger partial charge in [-0.05, 0) is 37.1 Å². The Morgan fingerprint density at radius 3 is 2.52 bits per heavy atom. The van der Waals surface area contributed by atoms with Gasteiger partial charge in [0.2, 0.25) is 0 Å². The Bertz CT molecular complexity index is 986. The average Bonchev–Trinajstić information content (AvgIpc) is 3.27. The molecule has 0 saturated carbocycles. The van der Waals surface area contributed by atoms with Crippen molar-refractivity contribution in [3.05, 3.63) is 88.5 Å². The lowest BCUT2D eigenvalue weighted by atomic mass is 10.1. The summed E-state index contributed by atoms with van der Waals surface area (Å²) < 4.78 is 1.90. The number of carbonyl (C=O) groups excluding carboxylic acids is 1. The molecule has 29 heavy (non-hydrogen) atoms. The van der Waals surface area contributed by atoms with E-state index in [1.54, 1.807) is 31.7 Å². The summed E-state index contributed by atoms with van der Waals surface area (Å²) in [5.41, 5.74) is 2.67. The molecule has 3 rings (SSSR count). The van der Waals surface area contributed by atoms with Crippen molar-refractivity contribution >= 4 is 11.7 Å². The van der Waals surface area contributed by atoms with Gasteiger partial charge in [-0.3, -0.25) is 10.1 Å². The quantitative estimate of drug-likeness (QED) is 0.501. The van der Waals surface area contributed by atoms with Crippen LogP contribution in [0.2, 0.25) is 0 Å². The summed E-state index contributed by atoms with van der Waals surface area (Å²) in [6.07, 6.45) is 5.31. The van der Waals surface area contributed by atoms with Crippen LogP contribution in [-0.2, 0) is 0 Å². The third kappa shape index (κ3) is 4.60. The van der Waals surface area contributed by atoms with E-state index in [2.05, 4.69) is 10.3 Å². The predicted octanol–water partition coefficient (Wildman–Crippen LogP) is 4.24. The van der Waals surface area contributed by atoms with Gasteiger partial charge >= 0.3 is 6.03 Å². The van der Waals surface area contributed by atoms with Gasteiger partial charge in [-0.2, -0.15) is 0 Å². The lowest BCUT2D eigenvalue weighted by molar-refractivity contribution is -0.384. The first-order chi connectivity index (χ1) is 13.9. The molecule has 0 aliphatic heterocycles. The number of benzene rings is 2. The van der Waals surface area contributed by atoms with E-state index in [-0.39, 0.29) is 23.8 Å². The molecule has 1 aromatic heterocycles. The number of carbonyl (C=O) groups is 1. The summed E-state index contributed by atoms with van der Waals surface area (Å²) in [4.78, 5) is 28.8. The van der Waals surface area contributed by atoms with Crippen molar-refractivity contribution in [2.75, 3.05) is 7.05 Å². The van der Waals surface area contributed by atoms with Crippen molar-refractivity contribution in [1.82, 2.24) is 19.8 Å². The van der Waals surface area contributed by atoms with Gasteiger partial charge in [0, 0.05) is 37.3 Å². The zero-order valence-corrected chi connectivity index (χ0v) is 16.5. The molecule has 0 unspecified atom stereocenters. The molecule has 2 atom stereocenters. The van der Waals surface area contributed by atoms with Crippen LogP contribution in [0.4, 0.5) is 10.5 Å². The monoisotopic (exact) mass is 393 g/mol. The second-order valence-electron chi connectivity index (χ2n) is 6.87. The Balaban J connectivity index is 1.65. The topological polar surface area (TPSA) is 93.3 Å². The first-order valence-corrected chi connectivity index (χ1v) is 9.23. The van der Waals surface area contributed by atoms with Crippen molar-refractivity contribution in [2.45, 2.75) is 25.9 Å². The van der Waals surface area contributed by atoms with Gasteiger partial charge in [0.15, 0.2) is 0 Å². The van der Waals surface area contributed by atoms with Gasteiger partial charge in [-0.15, -0.1) is 0 Å². The first-order valence-electron chi connectivity index (χ1n) is 9.23. The average molecular weight is 393 g/mol. The maximum absolute atomic E-state index is 12.7. The highest BCUT2D eigenvalue weighted by Gasteiger charge is 2.21. The second-order valence-corrected chi connectivity index (χ2v) is 6.87. The van der Waals surface area contributed by atoms with Crippen LogP contribution in [0.15, 0.2) is 67.3 Å². The van der Waals surface area contributed by atoms with E-state index in [1.807, 2.05) is 48.9 Å². The lowest BCUT2D eigenvalue weighted by Crippen LogP contribution is -2.39. The Kier molecular flexibility index (Phi) is 5.92. The number of hydrogen-bond acceptors (Lipinski definition) is 4. The largest absolute Gasteiger partial charge is 0.331 e. The molecular formula is C21H23N5O3. The van der Waals surface area contributed by atoms with Gasteiger partial charge in [-0.25, -0.2) is 9.78 Å². The maximum atomic E-state index is 12.7. The van der Waals surface area contributed by atoms with E-state index in [1.165, 1.54) is 17.0 Å². The van der Waals surface area contributed by atoms with Gasteiger partial charge in [0.05, 0.1) is 23.3 Å². The Hall–Kier alpha value is -3.68. The number of hydrogen-bond donors (Lipinski definition) is 1. The highest BCUT2D eigenvalue weighted by Crippen LogP contribution is 2.24. The summed E-state index contributed by atoms with van der Waals surface area (Å²) in [5, 5.41) is 14.0. The highest BCUT2D eigenvalue weighted by atomic mass is 16.6. The smallest absolute Gasteiger partial charge is 0.318 e. The molecule has 0 bridgehead atoms. The summed E-state index contributed by atoms with van der Waals surface area (Å²) >= 11 is 0. The number of nitro benzene ring substituents is 1. The second kappa shape index (κ2) is 8.55. The van der Waals surface area contributed by atoms with Crippen LogP contribution < -0.4 is 5.32 Å². The molecule has 8 heteroatoms.